The molecule has 0 aliphatic carbocycles. The summed E-state index contributed by atoms with van der Waals surface area (Å²) < 4.78 is 0. The number of carbonyl (C=O) groups is 1. The van der Waals surface area contributed by atoms with E-state index in [1.807, 2.05) is 0 Å². The van der Waals surface area contributed by atoms with Crippen molar-refractivity contribution in [1.29, 1.82) is 0 Å². The lowest BCUT2D eigenvalue weighted by molar-refractivity contribution is -0.384. The molecular weight excluding hydrogens is 236 g/mol. The van der Waals surface area contributed by atoms with Gasteiger partial charge < -0.3 is 16.4 Å². The molecule has 0 saturated carbocycles. The number of nitrogens with one attached hydrogen (secondary N) is 2. The summed E-state index contributed by atoms with van der Waals surface area (Å²) in [5.41, 5.74) is 6.29. The van der Waals surface area contributed by atoms with Gasteiger partial charge in [-0.05, 0) is 18.9 Å². The van der Waals surface area contributed by atoms with Gasteiger partial charge >= 0.3 is 0 Å². The highest BCUT2D eigenvalue weighted by Gasteiger charge is 2.22. The van der Waals surface area contributed by atoms with Gasteiger partial charge in [0.2, 0.25) is 5.91 Å². The van der Waals surface area contributed by atoms with E-state index >= 15 is 0 Å². The van der Waals surface area contributed by atoms with Gasteiger partial charge in [0.15, 0.2) is 0 Å². The number of nitrogens with zero attached hydrogens (tertiary/aromatic N) is 1. The van der Waals surface area contributed by atoms with E-state index < -0.39 is 4.92 Å². The van der Waals surface area contributed by atoms with Crippen LogP contribution in [0.25, 0.3) is 0 Å². The summed E-state index contributed by atoms with van der Waals surface area (Å²) in [6, 6.07) is 3.87. The fourth-order valence-electron chi connectivity index (χ4n) is 1.93. The summed E-state index contributed by atoms with van der Waals surface area (Å²) in [5, 5.41) is 16.4. The van der Waals surface area contributed by atoms with E-state index in [0.29, 0.717) is 24.3 Å². The second kappa shape index (κ2) is 4.91. The summed E-state index contributed by atoms with van der Waals surface area (Å²) in [5.74, 6) is -0.0914. The van der Waals surface area contributed by atoms with Gasteiger partial charge in [0.25, 0.3) is 5.69 Å². The van der Waals surface area contributed by atoms with Crippen molar-refractivity contribution in [3.63, 3.8) is 0 Å². The Hall–Kier alpha value is -2.31. The number of anilines is 2. The van der Waals surface area contributed by atoms with Crippen molar-refractivity contribution < 1.29 is 9.72 Å². The van der Waals surface area contributed by atoms with E-state index in [2.05, 4.69) is 10.6 Å². The predicted octanol–water partition coefficient (Wildman–Crippen LogP) is 0.867. The van der Waals surface area contributed by atoms with Crippen molar-refractivity contribution in [3.8, 4) is 0 Å². The molecule has 1 unspecified atom stereocenters. The van der Waals surface area contributed by atoms with Crippen molar-refractivity contribution >= 4 is 23.0 Å². The number of hydrogen-bond donors (Lipinski definition) is 3. The van der Waals surface area contributed by atoms with Crippen LogP contribution < -0.4 is 16.4 Å². The molecular formula is C11H14N4O3. The normalized spacial score (nSPS) is 19.1. The van der Waals surface area contributed by atoms with Crippen LogP contribution in [0.1, 0.15) is 12.8 Å². The van der Waals surface area contributed by atoms with Crippen molar-refractivity contribution in [3.05, 3.63) is 28.3 Å². The zero-order chi connectivity index (χ0) is 13.1. The molecule has 1 atom stereocenters. The van der Waals surface area contributed by atoms with E-state index in [1.165, 1.54) is 12.1 Å². The summed E-state index contributed by atoms with van der Waals surface area (Å²) in [7, 11) is 0. The quantitative estimate of drug-likeness (QED) is 0.419. The number of nitrogen functional groups attached to an aromatic ring is 1. The van der Waals surface area contributed by atoms with E-state index in [1.54, 1.807) is 6.07 Å². The maximum atomic E-state index is 11.6. The molecule has 4 N–H and O–H groups in total. The Balaban J connectivity index is 2.17. The molecule has 0 radical (unpaired) electrons. The van der Waals surface area contributed by atoms with Crippen LogP contribution in [0.4, 0.5) is 17.1 Å². The van der Waals surface area contributed by atoms with Crippen molar-refractivity contribution in [2.45, 2.75) is 18.9 Å². The molecule has 2 rings (SSSR count). The van der Waals surface area contributed by atoms with Crippen LogP contribution in [0.5, 0.6) is 0 Å². The van der Waals surface area contributed by atoms with Gasteiger partial charge in [-0.2, -0.15) is 0 Å². The fourth-order valence-corrected chi connectivity index (χ4v) is 1.93. The lowest BCUT2D eigenvalue weighted by Gasteiger charge is -2.23. The highest BCUT2D eigenvalue weighted by atomic mass is 16.6. The molecule has 0 aromatic heterocycles. The first kappa shape index (κ1) is 12.2. The Bertz CT molecular complexity index is 489. The lowest BCUT2D eigenvalue weighted by atomic mass is 10.1. The third-order valence-corrected chi connectivity index (χ3v) is 2.78. The fraction of sp³-hybridized carbons (Fsp3) is 0.364. The number of piperidine rings is 1. The molecule has 1 aromatic carbocycles. The maximum absolute atomic E-state index is 11.6. The summed E-state index contributed by atoms with van der Waals surface area (Å²) in [6.07, 6.45) is 1.59. The van der Waals surface area contributed by atoms with Crippen LogP contribution in [-0.4, -0.2) is 23.4 Å². The monoisotopic (exact) mass is 250 g/mol. The van der Waals surface area contributed by atoms with Crippen molar-refractivity contribution in [2.24, 2.45) is 0 Å². The third-order valence-electron chi connectivity index (χ3n) is 2.78. The SMILES string of the molecule is Nc1cc(NC2CCCNC2=O)cc([N+](=O)[O-])c1. The van der Waals surface area contributed by atoms with Crippen molar-refractivity contribution in [2.75, 3.05) is 17.6 Å². The number of amides is 1. The smallest absolute Gasteiger partial charge is 0.273 e. The van der Waals surface area contributed by atoms with Gasteiger partial charge in [-0.3, -0.25) is 14.9 Å². The first-order chi connectivity index (χ1) is 8.56. The predicted molar refractivity (Wildman–Crippen MR) is 67.2 cm³/mol. The van der Waals surface area contributed by atoms with Gasteiger partial charge in [-0.25, -0.2) is 0 Å². The number of hydrogen-bond acceptors (Lipinski definition) is 5. The molecule has 1 aliphatic rings. The highest BCUT2D eigenvalue weighted by molar-refractivity contribution is 5.85. The topological polar surface area (TPSA) is 110 Å². The minimum Gasteiger partial charge on any atom is -0.398 e. The number of nitro benzene ring substituents is 1. The Labute approximate surface area is 104 Å². The Morgan fingerprint density at radius 1 is 1.44 bits per heavy atom. The first-order valence-electron chi connectivity index (χ1n) is 5.65. The number of nitrogens with two attached hydrogens (primary N) is 1. The van der Waals surface area contributed by atoms with Crippen LogP contribution in [0.2, 0.25) is 0 Å². The summed E-state index contributed by atoms with van der Waals surface area (Å²) >= 11 is 0. The zero-order valence-electron chi connectivity index (χ0n) is 9.68. The summed E-state index contributed by atoms with van der Waals surface area (Å²) in [6.45, 7) is 0.675. The Morgan fingerprint density at radius 2 is 2.22 bits per heavy atom. The van der Waals surface area contributed by atoms with Crippen LogP contribution in [0.3, 0.4) is 0 Å². The number of carbonyl (C=O) groups excluding carboxylic acids is 1. The molecule has 0 bridgehead atoms. The second-order valence-electron chi connectivity index (χ2n) is 4.20. The molecule has 1 aromatic rings. The third kappa shape index (κ3) is 2.68. The Kier molecular flexibility index (Phi) is 3.31. The molecule has 18 heavy (non-hydrogen) atoms. The second-order valence-corrected chi connectivity index (χ2v) is 4.20. The number of benzene rings is 1. The lowest BCUT2D eigenvalue weighted by Crippen LogP contribution is -2.44. The van der Waals surface area contributed by atoms with Crippen LogP contribution in [-0.2, 0) is 4.79 Å². The first-order valence-corrected chi connectivity index (χ1v) is 5.65. The van der Waals surface area contributed by atoms with E-state index in [9.17, 15) is 14.9 Å². The minimum atomic E-state index is -0.511. The minimum absolute atomic E-state index is 0.0892. The molecule has 96 valence electrons. The van der Waals surface area contributed by atoms with E-state index in [4.69, 9.17) is 5.73 Å². The average molecular weight is 250 g/mol. The van der Waals surface area contributed by atoms with Gasteiger partial charge in [-0.15, -0.1) is 0 Å². The molecule has 1 amide bonds. The summed E-state index contributed by atoms with van der Waals surface area (Å²) in [4.78, 5) is 21.8. The van der Waals surface area contributed by atoms with Crippen LogP contribution >= 0.6 is 0 Å². The molecule has 0 spiro atoms. The van der Waals surface area contributed by atoms with E-state index in [0.717, 1.165) is 6.42 Å². The van der Waals surface area contributed by atoms with Crippen molar-refractivity contribution in [1.82, 2.24) is 5.32 Å². The Morgan fingerprint density at radius 3 is 2.89 bits per heavy atom. The number of rotatable bonds is 3. The zero-order valence-corrected chi connectivity index (χ0v) is 9.68. The number of nitro groups is 1. The molecule has 1 aliphatic heterocycles. The standard InChI is InChI=1S/C11H14N4O3/c12-7-4-8(6-9(5-7)15(17)18)14-10-2-1-3-13-11(10)16/h4-6,10,14H,1-3,12H2,(H,13,16). The largest absolute Gasteiger partial charge is 0.398 e. The van der Waals surface area contributed by atoms with Gasteiger partial charge in [-0.1, -0.05) is 0 Å². The average Bonchev–Trinajstić information content (AvgIpc) is 2.31. The van der Waals surface area contributed by atoms with Crippen LogP contribution in [0, 0.1) is 10.1 Å². The highest BCUT2D eigenvalue weighted by Crippen LogP contribution is 2.23. The van der Waals surface area contributed by atoms with Gasteiger partial charge in [0.05, 0.1) is 4.92 Å². The van der Waals surface area contributed by atoms with Gasteiger partial charge in [0.1, 0.15) is 6.04 Å². The van der Waals surface area contributed by atoms with Crippen LogP contribution in [0.15, 0.2) is 18.2 Å². The molecule has 1 fully saturated rings. The molecule has 7 nitrogen and oxygen atoms in total. The molecule has 1 heterocycles. The maximum Gasteiger partial charge on any atom is 0.273 e. The van der Waals surface area contributed by atoms with Gasteiger partial charge in [0, 0.05) is 30.1 Å². The van der Waals surface area contributed by atoms with E-state index in [-0.39, 0.29) is 17.6 Å². The number of non-ortho nitro benzene ring substituents is 1. The molecule has 1 saturated heterocycles. The molecule has 7 heteroatoms.